The van der Waals surface area contributed by atoms with Crippen LogP contribution in [-0.4, -0.2) is 24.4 Å². The van der Waals surface area contributed by atoms with Gasteiger partial charge < -0.3 is 15.5 Å². The van der Waals surface area contributed by atoms with Gasteiger partial charge in [-0.2, -0.15) is 0 Å². The van der Waals surface area contributed by atoms with E-state index in [0.717, 1.165) is 41.2 Å². The van der Waals surface area contributed by atoms with Gasteiger partial charge in [-0.1, -0.05) is 17.7 Å². The first-order valence-corrected chi connectivity index (χ1v) is 9.41. The number of carbonyl (C=O) groups is 2. The van der Waals surface area contributed by atoms with Crippen LogP contribution in [0.4, 0.5) is 17.1 Å². The Morgan fingerprint density at radius 3 is 2.26 bits per heavy atom. The molecule has 2 amide bonds. The predicted molar refractivity (Wildman–Crippen MR) is 110 cm³/mol. The number of carbonyl (C=O) groups excluding carboxylic acids is 2. The predicted octanol–water partition coefficient (Wildman–Crippen LogP) is 4.18. The average Bonchev–Trinajstić information content (AvgIpc) is 3.04. The summed E-state index contributed by atoms with van der Waals surface area (Å²) in [6.45, 7) is 8.68. The summed E-state index contributed by atoms with van der Waals surface area (Å²) in [6, 6.07) is 11.4. The van der Waals surface area contributed by atoms with E-state index in [9.17, 15) is 9.59 Å². The van der Waals surface area contributed by atoms with E-state index in [4.69, 9.17) is 0 Å². The Bertz CT molecular complexity index is 835. The van der Waals surface area contributed by atoms with Crippen LogP contribution in [0.2, 0.25) is 0 Å². The fourth-order valence-electron chi connectivity index (χ4n) is 3.58. The third-order valence-electron chi connectivity index (χ3n) is 4.95. The summed E-state index contributed by atoms with van der Waals surface area (Å²) in [5, 5.41) is 6.26. The van der Waals surface area contributed by atoms with Gasteiger partial charge in [0, 0.05) is 30.0 Å². The topological polar surface area (TPSA) is 61.4 Å². The van der Waals surface area contributed by atoms with Gasteiger partial charge in [0.25, 0.3) is 0 Å². The van der Waals surface area contributed by atoms with E-state index < -0.39 is 0 Å². The van der Waals surface area contributed by atoms with Gasteiger partial charge >= 0.3 is 0 Å². The van der Waals surface area contributed by atoms with Gasteiger partial charge in [-0.05, 0) is 69.5 Å². The van der Waals surface area contributed by atoms with Crippen molar-refractivity contribution in [2.24, 2.45) is 0 Å². The molecule has 2 aromatic carbocycles. The summed E-state index contributed by atoms with van der Waals surface area (Å²) in [5.41, 5.74) is 5.95. The fourth-order valence-corrected chi connectivity index (χ4v) is 3.58. The van der Waals surface area contributed by atoms with Crippen LogP contribution in [0, 0.1) is 20.8 Å². The Hall–Kier alpha value is -2.82. The SMILES string of the molecule is Cc1cc(C)c(NC(=O)[C@@H](C)Nc2ccc(N3CCCC3=O)cc2)c(C)c1. The summed E-state index contributed by atoms with van der Waals surface area (Å²) < 4.78 is 0. The normalized spacial score (nSPS) is 15.0. The lowest BCUT2D eigenvalue weighted by atomic mass is 10.0. The minimum Gasteiger partial charge on any atom is -0.374 e. The van der Waals surface area contributed by atoms with Gasteiger partial charge in [0.05, 0.1) is 0 Å². The van der Waals surface area contributed by atoms with E-state index in [-0.39, 0.29) is 17.9 Å². The lowest BCUT2D eigenvalue weighted by molar-refractivity contribution is -0.117. The average molecular weight is 365 g/mol. The first-order chi connectivity index (χ1) is 12.8. The monoisotopic (exact) mass is 365 g/mol. The van der Waals surface area contributed by atoms with Crippen LogP contribution in [0.3, 0.4) is 0 Å². The van der Waals surface area contributed by atoms with Gasteiger partial charge in [-0.25, -0.2) is 0 Å². The summed E-state index contributed by atoms with van der Waals surface area (Å²) in [6.07, 6.45) is 1.53. The van der Waals surface area contributed by atoms with Crippen molar-refractivity contribution in [1.29, 1.82) is 0 Å². The highest BCUT2D eigenvalue weighted by molar-refractivity contribution is 5.98. The molecule has 2 N–H and O–H groups in total. The van der Waals surface area contributed by atoms with Crippen LogP contribution in [0.1, 0.15) is 36.5 Å². The molecule has 0 unspecified atom stereocenters. The van der Waals surface area contributed by atoms with Crippen LogP contribution >= 0.6 is 0 Å². The second-order valence-electron chi connectivity index (χ2n) is 7.32. The Kier molecular flexibility index (Phi) is 5.49. The molecule has 2 aromatic rings. The standard InChI is InChI=1S/C22H27N3O2/c1-14-12-15(2)21(16(3)13-14)24-22(27)17(4)23-18-7-9-19(10-8-18)25-11-5-6-20(25)26/h7-10,12-13,17,23H,5-6,11H2,1-4H3,(H,24,27)/t17-/m1/s1. The van der Waals surface area contributed by atoms with Gasteiger partial charge in [-0.3, -0.25) is 9.59 Å². The third kappa shape index (κ3) is 4.30. The Balaban J connectivity index is 1.64. The minimum absolute atomic E-state index is 0.0798. The molecule has 0 aliphatic carbocycles. The Morgan fingerprint density at radius 2 is 1.70 bits per heavy atom. The summed E-state index contributed by atoms with van der Waals surface area (Å²) >= 11 is 0. The second kappa shape index (κ2) is 7.82. The van der Waals surface area contributed by atoms with Crippen molar-refractivity contribution in [3.8, 4) is 0 Å². The highest BCUT2D eigenvalue weighted by Gasteiger charge is 2.21. The van der Waals surface area contributed by atoms with Crippen molar-refractivity contribution in [2.45, 2.75) is 46.6 Å². The Morgan fingerprint density at radius 1 is 1.07 bits per heavy atom. The molecule has 3 rings (SSSR count). The summed E-state index contributed by atoms with van der Waals surface area (Å²) in [5.74, 6) is 0.0937. The van der Waals surface area contributed by atoms with Crippen LogP contribution < -0.4 is 15.5 Å². The van der Waals surface area contributed by atoms with Crippen LogP contribution in [0.25, 0.3) is 0 Å². The van der Waals surface area contributed by atoms with Crippen LogP contribution in [0.5, 0.6) is 0 Å². The van der Waals surface area contributed by atoms with E-state index in [1.165, 1.54) is 5.56 Å². The molecule has 142 valence electrons. The molecular weight excluding hydrogens is 338 g/mol. The maximum Gasteiger partial charge on any atom is 0.246 e. The first kappa shape index (κ1) is 19.0. The molecule has 1 fully saturated rings. The maximum atomic E-state index is 12.6. The highest BCUT2D eigenvalue weighted by Crippen LogP contribution is 2.24. The molecule has 0 radical (unpaired) electrons. The number of hydrogen-bond acceptors (Lipinski definition) is 3. The van der Waals surface area contributed by atoms with Crippen molar-refractivity contribution in [2.75, 3.05) is 22.1 Å². The number of aryl methyl sites for hydroxylation is 3. The molecule has 1 aliphatic rings. The molecule has 0 bridgehead atoms. The molecule has 1 atom stereocenters. The molecule has 0 saturated carbocycles. The number of hydrogen-bond donors (Lipinski definition) is 2. The van der Waals surface area contributed by atoms with Crippen molar-refractivity contribution < 1.29 is 9.59 Å². The smallest absolute Gasteiger partial charge is 0.246 e. The number of anilines is 3. The van der Waals surface area contributed by atoms with Gasteiger partial charge in [0.2, 0.25) is 11.8 Å². The van der Waals surface area contributed by atoms with Gasteiger partial charge in [-0.15, -0.1) is 0 Å². The number of benzene rings is 2. The number of amides is 2. The second-order valence-corrected chi connectivity index (χ2v) is 7.32. The van der Waals surface area contributed by atoms with E-state index in [0.29, 0.717) is 6.42 Å². The van der Waals surface area contributed by atoms with E-state index >= 15 is 0 Å². The molecule has 27 heavy (non-hydrogen) atoms. The van der Waals surface area contributed by atoms with Crippen molar-refractivity contribution in [3.05, 3.63) is 53.1 Å². The zero-order valence-electron chi connectivity index (χ0n) is 16.4. The summed E-state index contributed by atoms with van der Waals surface area (Å²) in [4.78, 5) is 26.2. The number of nitrogens with one attached hydrogen (secondary N) is 2. The zero-order chi connectivity index (χ0) is 19.6. The van der Waals surface area contributed by atoms with E-state index in [2.05, 4.69) is 29.7 Å². The summed E-state index contributed by atoms with van der Waals surface area (Å²) in [7, 11) is 0. The highest BCUT2D eigenvalue weighted by atomic mass is 16.2. The molecular formula is C22H27N3O2. The van der Waals surface area contributed by atoms with Gasteiger partial charge in [0.1, 0.15) is 6.04 Å². The Labute approximate surface area is 160 Å². The minimum atomic E-state index is -0.385. The molecule has 1 heterocycles. The molecule has 1 saturated heterocycles. The quantitative estimate of drug-likeness (QED) is 0.836. The van der Waals surface area contributed by atoms with Crippen LogP contribution in [0.15, 0.2) is 36.4 Å². The van der Waals surface area contributed by atoms with Crippen molar-refractivity contribution >= 4 is 28.9 Å². The van der Waals surface area contributed by atoms with Gasteiger partial charge in [0.15, 0.2) is 0 Å². The van der Waals surface area contributed by atoms with E-state index in [1.807, 2.05) is 49.9 Å². The number of rotatable bonds is 5. The lowest BCUT2D eigenvalue weighted by Gasteiger charge is -2.19. The fraction of sp³-hybridized carbons (Fsp3) is 0.364. The zero-order valence-corrected chi connectivity index (χ0v) is 16.4. The van der Waals surface area contributed by atoms with Crippen LogP contribution in [-0.2, 0) is 9.59 Å². The molecule has 0 spiro atoms. The van der Waals surface area contributed by atoms with Crippen molar-refractivity contribution in [3.63, 3.8) is 0 Å². The molecule has 5 heteroatoms. The van der Waals surface area contributed by atoms with E-state index in [1.54, 1.807) is 0 Å². The maximum absolute atomic E-state index is 12.6. The lowest BCUT2D eigenvalue weighted by Crippen LogP contribution is -2.32. The number of nitrogens with zero attached hydrogens (tertiary/aromatic N) is 1. The molecule has 0 aromatic heterocycles. The molecule has 5 nitrogen and oxygen atoms in total. The molecule has 1 aliphatic heterocycles. The first-order valence-electron chi connectivity index (χ1n) is 9.41. The van der Waals surface area contributed by atoms with Crippen molar-refractivity contribution in [1.82, 2.24) is 0 Å². The third-order valence-corrected chi connectivity index (χ3v) is 4.95. The largest absolute Gasteiger partial charge is 0.374 e.